The first-order valence-electron chi connectivity index (χ1n) is 6.36. The summed E-state index contributed by atoms with van der Waals surface area (Å²) in [4.78, 5) is 15.5. The van der Waals surface area contributed by atoms with Gasteiger partial charge < -0.3 is 10.1 Å². The van der Waals surface area contributed by atoms with Crippen molar-refractivity contribution in [3.8, 4) is 5.75 Å². The predicted molar refractivity (Wildman–Crippen MR) is 80.3 cm³/mol. The minimum absolute atomic E-state index is 0.0772. The van der Waals surface area contributed by atoms with Crippen LogP contribution in [0.15, 0.2) is 54.5 Å². The fourth-order valence-corrected chi connectivity index (χ4v) is 1.64. The Morgan fingerprint density at radius 1 is 1.50 bits per heavy atom. The average Bonchev–Trinajstić information content (AvgIpc) is 2.38. The summed E-state index contributed by atoms with van der Waals surface area (Å²) >= 11 is 0. The first-order chi connectivity index (χ1) is 9.55. The summed E-state index contributed by atoms with van der Waals surface area (Å²) < 4.78 is 5.70. The summed E-state index contributed by atoms with van der Waals surface area (Å²) in [6.45, 7) is 7.49. The third kappa shape index (κ3) is 5.52. The Labute approximate surface area is 119 Å². The molecule has 20 heavy (non-hydrogen) atoms. The van der Waals surface area contributed by atoms with Gasteiger partial charge in [-0.3, -0.25) is 9.78 Å². The Morgan fingerprint density at radius 3 is 2.90 bits per heavy atom. The number of hydrogen-bond acceptors (Lipinski definition) is 3. The lowest BCUT2D eigenvalue weighted by Gasteiger charge is -2.07. The van der Waals surface area contributed by atoms with Crippen LogP contribution in [0, 0.1) is 0 Å². The van der Waals surface area contributed by atoms with Gasteiger partial charge in [-0.25, -0.2) is 0 Å². The zero-order valence-electron chi connectivity index (χ0n) is 12.1. The van der Waals surface area contributed by atoms with Crippen molar-refractivity contribution in [2.45, 2.75) is 20.3 Å². The highest BCUT2D eigenvalue weighted by Gasteiger charge is 2.04. The lowest BCUT2D eigenvalue weighted by Crippen LogP contribution is -2.20. The van der Waals surface area contributed by atoms with E-state index in [1.807, 2.05) is 26.0 Å². The summed E-state index contributed by atoms with van der Waals surface area (Å²) in [7, 11) is 1.60. The summed E-state index contributed by atoms with van der Waals surface area (Å²) in [5, 5.41) is 2.57. The molecule has 0 radical (unpaired) electrons. The second-order valence-corrected chi connectivity index (χ2v) is 4.34. The molecule has 1 aromatic rings. The molecule has 0 fully saturated rings. The van der Waals surface area contributed by atoms with E-state index in [-0.39, 0.29) is 12.3 Å². The van der Waals surface area contributed by atoms with Crippen molar-refractivity contribution in [1.82, 2.24) is 10.3 Å². The summed E-state index contributed by atoms with van der Waals surface area (Å²) in [6, 6.07) is 3.52. The molecule has 4 nitrogen and oxygen atoms in total. The molecule has 1 amide bonds. The molecule has 0 atom stereocenters. The van der Waals surface area contributed by atoms with Gasteiger partial charge in [0.25, 0.3) is 0 Å². The third-order valence-electron chi connectivity index (χ3n) is 2.50. The maximum atomic E-state index is 11.3. The van der Waals surface area contributed by atoms with Crippen molar-refractivity contribution >= 4 is 5.91 Å². The van der Waals surface area contributed by atoms with Crippen LogP contribution in [0.4, 0.5) is 0 Å². The van der Waals surface area contributed by atoms with Crippen LogP contribution in [-0.4, -0.2) is 17.9 Å². The van der Waals surface area contributed by atoms with Gasteiger partial charge in [0.1, 0.15) is 11.5 Å². The molecule has 0 unspecified atom stereocenters. The van der Waals surface area contributed by atoms with E-state index in [4.69, 9.17) is 4.74 Å². The Bertz CT molecular complexity index is 545. The number of rotatable bonds is 6. The topological polar surface area (TPSA) is 51.2 Å². The van der Waals surface area contributed by atoms with Crippen LogP contribution in [0.2, 0.25) is 0 Å². The van der Waals surface area contributed by atoms with E-state index in [0.29, 0.717) is 11.4 Å². The van der Waals surface area contributed by atoms with Gasteiger partial charge in [0.2, 0.25) is 5.91 Å². The summed E-state index contributed by atoms with van der Waals surface area (Å²) in [5.41, 5.74) is 1.73. The van der Waals surface area contributed by atoms with Crippen molar-refractivity contribution in [2.75, 3.05) is 7.05 Å². The van der Waals surface area contributed by atoms with Gasteiger partial charge in [-0.2, -0.15) is 0 Å². The van der Waals surface area contributed by atoms with Crippen LogP contribution >= 0.6 is 0 Å². The van der Waals surface area contributed by atoms with Crippen LogP contribution < -0.4 is 10.1 Å². The molecule has 0 saturated heterocycles. The predicted octanol–water partition coefficient (Wildman–Crippen LogP) is 2.79. The van der Waals surface area contributed by atoms with Crippen LogP contribution in [0.5, 0.6) is 5.75 Å². The Balaban J connectivity index is 2.78. The van der Waals surface area contributed by atoms with Crippen LogP contribution in [0.3, 0.4) is 0 Å². The SMILES string of the molecule is C=C/C=C(C)\C=C(/C)Oc1ccnc(CC(=O)NC)c1. The lowest BCUT2D eigenvalue weighted by molar-refractivity contribution is -0.120. The number of amides is 1. The van der Waals surface area contributed by atoms with E-state index in [1.165, 1.54) is 0 Å². The molecule has 0 aromatic carbocycles. The second-order valence-electron chi connectivity index (χ2n) is 4.34. The molecular formula is C16H20N2O2. The van der Waals surface area contributed by atoms with Crippen molar-refractivity contribution < 1.29 is 9.53 Å². The zero-order valence-corrected chi connectivity index (χ0v) is 12.1. The normalized spacial score (nSPS) is 11.9. The van der Waals surface area contributed by atoms with E-state index < -0.39 is 0 Å². The van der Waals surface area contributed by atoms with E-state index in [0.717, 1.165) is 11.3 Å². The van der Waals surface area contributed by atoms with E-state index in [1.54, 1.807) is 31.5 Å². The fourth-order valence-electron chi connectivity index (χ4n) is 1.64. The first kappa shape index (κ1) is 15.7. The van der Waals surface area contributed by atoms with Crippen LogP contribution in [0.1, 0.15) is 19.5 Å². The smallest absolute Gasteiger partial charge is 0.225 e. The number of allylic oxidation sites excluding steroid dienone is 5. The number of pyridine rings is 1. The van der Waals surface area contributed by atoms with Gasteiger partial charge in [-0.05, 0) is 31.6 Å². The van der Waals surface area contributed by atoms with Gasteiger partial charge in [0.15, 0.2) is 0 Å². The Hall–Kier alpha value is -2.36. The number of likely N-dealkylation sites (N-methyl/N-ethyl adjacent to an activating group) is 1. The molecule has 4 heteroatoms. The maximum absolute atomic E-state index is 11.3. The van der Waals surface area contributed by atoms with Crippen molar-refractivity contribution in [1.29, 1.82) is 0 Å². The molecule has 0 spiro atoms. The minimum atomic E-state index is -0.0772. The van der Waals surface area contributed by atoms with Gasteiger partial charge in [-0.1, -0.05) is 18.7 Å². The van der Waals surface area contributed by atoms with Crippen molar-refractivity contribution in [3.05, 3.63) is 60.2 Å². The minimum Gasteiger partial charge on any atom is -0.462 e. The van der Waals surface area contributed by atoms with Gasteiger partial charge in [-0.15, -0.1) is 0 Å². The van der Waals surface area contributed by atoms with Gasteiger partial charge in [0.05, 0.1) is 12.1 Å². The van der Waals surface area contributed by atoms with Gasteiger partial charge >= 0.3 is 0 Å². The number of ether oxygens (including phenoxy) is 1. The molecule has 1 aromatic heterocycles. The van der Waals surface area contributed by atoms with Crippen molar-refractivity contribution in [2.24, 2.45) is 0 Å². The summed E-state index contributed by atoms with van der Waals surface area (Å²) in [6.07, 6.45) is 7.42. The number of aromatic nitrogens is 1. The highest BCUT2D eigenvalue weighted by molar-refractivity contribution is 5.77. The highest BCUT2D eigenvalue weighted by atomic mass is 16.5. The average molecular weight is 272 g/mol. The summed E-state index contributed by atoms with van der Waals surface area (Å²) in [5.74, 6) is 1.35. The first-order valence-corrected chi connectivity index (χ1v) is 6.36. The molecule has 1 rings (SSSR count). The number of carbonyl (C=O) groups is 1. The molecule has 0 bridgehead atoms. The monoisotopic (exact) mass is 272 g/mol. The highest BCUT2D eigenvalue weighted by Crippen LogP contribution is 2.15. The lowest BCUT2D eigenvalue weighted by atomic mass is 10.2. The molecule has 106 valence electrons. The molecule has 0 aliphatic heterocycles. The Morgan fingerprint density at radius 2 is 2.25 bits per heavy atom. The van der Waals surface area contributed by atoms with E-state index >= 15 is 0 Å². The molecule has 1 heterocycles. The largest absolute Gasteiger partial charge is 0.462 e. The molecule has 0 saturated carbocycles. The molecular weight excluding hydrogens is 252 g/mol. The van der Waals surface area contributed by atoms with Crippen molar-refractivity contribution in [3.63, 3.8) is 0 Å². The zero-order chi connectivity index (χ0) is 15.0. The van der Waals surface area contributed by atoms with Crippen LogP contribution in [-0.2, 0) is 11.2 Å². The number of nitrogens with one attached hydrogen (secondary N) is 1. The fraction of sp³-hybridized carbons (Fsp3) is 0.250. The van der Waals surface area contributed by atoms with Gasteiger partial charge in [0, 0.05) is 19.3 Å². The number of carbonyl (C=O) groups excluding carboxylic acids is 1. The van der Waals surface area contributed by atoms with E-state index in [9.17, 15) is 4.79 Å². The number of hydrogen-bond donors (Lipinski definition) is 1. The number of nitrogens with zero attached hydrogens (tertiary/aromatic N) is 1. The Kier molecular flexibility index (Phi) is 6.23. The van der Waals surface area contributed by atoms with E-state index in [2.05, 4.69) is 16.9 Å². The quantitative estimate of drug-likeness (QED) is 0.640. The molecule has 0 aliphatic rings. The molecule has 1 N–H and O–H groups in total. The third-order valence-corrected chi connectivity index (χ3v) is 2.50. The molecule has 0 aliphatic carbocycles. The standard InChI is InChI=1S/C16H20N2O2/c1-5-6-12(2)9-13(3)20-15-7-8-18-14(10-15)11-16(19)17-4/h5-10H,1,11H2,2-4H3,(H,17,19)/b12-6-,13-9+. The second kappa shape index (κ2) is 7.94. The maximum Gasteiger partial charge on any atom is 0.225 e. The van der Waals surface area contributed by atoms with Crippen LogP contribution in [0.25, 0.3) is 0 Å².